The Kier molecular flexibility index (Phi) is 5.69. The molecule has 0 aliphatic carbocycles. The van der Waals surface area contributed by atoms with Gasteiger partial charge in [0, 0.05) is 5.56 Å². The van der Waals surface area contributed by atoms with Crippen LogP contribution in [0.3, 0.4) is 0 Å². The first-order chi connectivity index (χ1) is 9.65. The van der Waals surface area contributed by atoms with Gasteiger partial charge in [-0.1, -0.05) is 0 Å². The van der Waals surface area contributed by atoms with E-state index in [4.69, 9.17) is 0 Å². The van der Waals surface area contributed by atoms with E-state index in [-0.39, 0.29) is 15.7 Å². The molecule has 0 saturated heterocycles. The van der Waals surface area contributed by atoms with E-state index in [1.807, 2.05) is 0 Å². The van der Waals surface area contributed by atoms with Gasteiger partial charge in [-0.05, 0) is 39.4 Å². The quantitative estimate of drug-likeness (QED) is 0.315. The summed E-state index contributed by atoms with van der Waals surface area (Å²) in [6, 6.07) is 0. The number of nitro groups is 1. The van der Waals surface area contributed by atoms with Crippen molar-refractivity contribution in [2.24, 2.45) is 0 Å². The van der Waals surface area contributed by atoms with E-state index in [0.717, 1.165) is 0 Å². The first kappa shape index (κ1) is 17.4. The van der Waals surface area contributed by atoms with Gasteiger partial charge in [-0.3, -0.25) is 4.79 Å². The molecule has 11 heteroatoms. The molecule has 0 aliphatic heterocycles. The van der Waals surface area contributed by atoms with Crippen molar-refractivity contribution in [1.29, 1.82) is 0 Å². The summed E-state index contributed by atoms with van der Waals surface area (Å²) in [7, 11) is 0. The van der Waals surface area contributed by atoms with E-state index >= 15 is 0 Å². The van der Waals surface area contributed by atoms with Crippen LogP contribution in [0.2, 0.25) is 0 Å². The SMILES string of the molecule is CCOC(=O)Cc1c(OC(F)(F)F)cnc([N+](=O)[O-])c1I. The molecule has 1 aromatic heterocycles. The number of hydrogen-bond acceptors (Lipinski definition) is 6. The van der Waals surface area contributed by atoms with E-state index in [0.29, 0.717) is 6.20 Å². The Labute approximate surface area is 129 Å². The number of rotatable bonds is 5. The van der Waals surface area contributed by atoms with Gasteiger partial charge in [0.1, 0.15) is 3.57 Å². The molecule has 0 amide bonds. The summed E-state index contributed by atoms with van der Waals surface area (Å²) < 4.78 is 45.0. The first-order valence-corrected chi connectivity index (χ1v) is 6.46. The van der Waals surface area contributed by atoms with Crippen LogP contribution in [0.1, 0.15) is 12.5 Å². The molecule has 0 radical (unpaired) electrons. The van der Waals surface area contributed by atoms with Crippen LogP contribution in [0.15, 0.2) is 6.20 Å². The number of nitrogens with zero attached hydrogens (tertiary/aromatic N) is 2. The van der Waals surface area contributed by atoms with Crippen molar-refractivity contribution in [3.8, 4) is 5.75 Å². The van der Waals surface area contributed by atoms with Crippen LogP contribution in [0, 0.1) is 13.7 Å². The maximum absolute atomic E-state index is 12.3. The predicted molar refractivity (Wildman–Crippen MR) is 70.6 cm³/mol. The molecule has 0 aromatic carbocycles. The molecule has 0 bridgehead atoms. The van der Waals surface area contributed by atoms with Gasteiger partial charge < -0.3 is 19.6 Å². The van der Waals surface area contributed by atoms with Gasteiger partial charge in [-0.15, -0.1) is 13.2 Å². The Hall–Kier alpha value is -1.66. The van der Waals surface area contributed by atoms with Gasteiger partial charge in [0.05, 0.1) is 13.0 Å². The second kappa shape index (κ2) is 6.87. The molecule has 7 nitrogen and oxygen atoms in total. The number of carbonyl (C=O) groups is 1. The topological polar surface area (TPSA) is 91.6 Å². The lowest BCUT2D eigenvalue weighted by molar-refractivity contribution is -0.390. The van der Waals surface area contributed by atoms with E-state index in [2.05, 4.69) is 14.5 Å². The molecular weight excluding hydrogens is 412 g/mol. The number of alkyl halides is 3. The lowest BCUT2D eigenvalue weighted by Crippen LogP contribution is -2.20. The van der Waals surface area contributed by atoms with Crippen molar-refractivity contribution in [1.82, 2.24) is 4.98 Å². The van der Waals surface area contributed by atoms with Crippen LogP contribution < -0.4 is 4.74 Å². The predicted octanol–water partition coefficient (Wildman–Crippen LogP) is 2.60. The van der Waals surface area contributed by atoms with Crippen molar-refractivity contribution in [3.05, 3.63) is 25.4 Å². The van der Waals surface area contributed by atoms with Crippen LogP contribution in [0.5, 0.6) is 5.75 Å². The number of carbonyl (C=O) groups excluding carboxylic acids is 1. The fourth-order valence-corrected chi connectivity index (χ4v) is 2.15. The molecule has 1 heterocycles. The summed E-state index contributed by atoms with van der Waals surface area (Å²) in [6.07, 6.45) is -5.05. The third-order valence-corrected chi connectivity index (χ3v) is 3.22. The summed E-state index contributed by atoms with van der Waals surface area (Å²) in [5.41, 5.74) is -0.298. The average molecular weight is 420 g/mol. The zero-order valence-electron chi connectivity index (χ0n) is 10.4. The fraction of sp³-hybridized carbons (Fsp3) is 0.400. The second-order valence-corrected chi connectivity index (χ2v) is 4.60. The van der Waals surface area contributed by atoms with Crippen molar-refractivity contribution < 1.29 is 32.4 Å². The number of ether oxygens (including phenoxy) is 2. The van der Waals surface area contributed by atoms with Crippen molar-refractivity contribution >= 4 is 34.4 Å². The number of aromatic nitrogens is 1. The molecule has 0 atom stereocenters. The highest BCUT2D eigenvalue weighted by Gasteiger charge is 2.35. The minimum atomic E-state index is -5.01. The fourth-order valence-electron chi connectivity index (χ4n) is 1.36. The third-order valence-electron chi connectivity index (χ3n) is 2.09. The number of halogens is 4. The summed E-state index contributed by atoms with van der Waals surface area (Å²) in [5.74, 6) is -2.27. The van der Waals surface area contributed by atoms with E-state index in [9.17, 15) is 28.1 Å². The minimum Gasteiger partial charge on any atom is -0.466 e. The van der Waals surface area contributed by atoms with Crippen LogP contribution in [0.25, 0.3) is 0 Å². The Morgan fingerprint density at radius 3 is 2.62 bits per heavy atom. The molecular formula is C10H8F3IN2O5. The average Bonchev–Trinajstić information content (AvgIpc) is 2.32. The second-order valence-electron chi connectivity index (χ2n) is 3.53. The van der Waals surface area contributed by atoms with E-state index in [1.165, 1.54) is 29.5 Å². The van der Waals surface area contributed by atoms with Gasteiger partial charge in [0.25, 0.3) is 0 Å². The molecule has 0 saturated carbocycles. The number of esters is 1. The molecule has 1 rings (SSSR count). The lowest BCUT2D eigenvalue weighted by atomic mass is 10.2. The van der Waals surface area contributed by atoms with Gasteiger partial charge >= 0.3 is 18.1 Å². The zero-order chi connectivity index (χ0) is 16.2. The summed E-state index contributed by atoms with van der Waals surface area (Å²) >= 11 is 1.44. The van der Waals surface area contributed by atoms with Crippen LogP contribution in [-0.2, 0) is 16.0 Å². The highest BCUT2D eigenvalue weighted by atomic mass is 127. The molecule has 0 unspecified atom stereocenters. The largest absolute Gasteiger partial charge is 0.573 e. The normalized spacial score (nSPS) is 11.1. The summed E-state index contributed by atoms with van der Waals surface area (Å²) in [4.78, 5) is 24.6. The maximum Gasteiger partial charge on any atom is 0.573 e. The lowest BCUT2D eigenvalue weighted by Gasteiger charge is -2.12. The highest BCUT2D eigenvalue weighted by molar-refractivity contribution is 14.1. The zero-order valence-corrected chi connectivity index (χ0v) is 12.6. The van der Waals surface area contributed by atoms with Crippen molar-refractivity contribution in [2.75, 3.05) is 6.61 Å². The molecule has 0 N–H and O–H groups in total. The standard InChI is InChI=1S/C10H8F3IN2O5/c1-2-20-7(17)3-5-6(21-10(11,12)13)4-15-9(8(5)14)16(18)19/h4H,2-3H2,1H3. The Balaban J connectivity index is 3.27. The van der Waals surface area contributed by atoms with Crippen LogP contribution in [0.4, 0.5) is 19.0 Å². The van der Waals surface area contributed by atoms with Crippen LogP contribution in [-0.4, -0.2) is 28.8 Å². The smallest absolute Gasteiger partial charge is 0.466 e. The van der Waals surface area contributed by atoms with Gasteiger partial charge in [-0.25, -0.2) is 0 Å². The molecule has 116 valence electrons. The Morgan fingerprint density at radius 2 is 2.14 bits per heavy atom. The van der Waals surface area contributed by atoms with Gasteiger partial charge in [0.2, 0.25) is 0 Å². The minimum absolute atomic E-state index is 0.0258. The molecule has 0 spiro atoms. The van der Waals surface area contributed by atoms with Crippen molar-refractivity contribution in [3.63, 3.8) is 0 Å². The number of hydrogen-bond donors (Lipinski definition) is 0. The first-order valence-electron chi connectivity index (χ1n) is 5.38. The van der Waals surface area contributed by atoms with Gasteiger partial charge in [-0.2, -0.15) is 0 Å². The molecule has 0 aliphatic rings. The monoisotopic (exact) mass is 420 g/mol. The van der Waals surface area contributed by atoms with E-state index < -0.39 is 35.2 Å². The summed E-state index contributed by atoms with van der Waals surface area (Å²) in [6.45, 7) is 1.54. The molecule has 0 fully saturated rings. The molecule has 1 aromatic rings. The van der Waals surface area contributed by atoms with Crippen LogP contribution >= 0.6 is 22.6 Å². The highest BCUT2D eigenvalue weighted by Crippen LogP contribution is 2.33. The number of pyridine rings is 1. The maximum atomic E-state index is 12.3. The van der Waals surface area contributed by atoms with Crippen molar-refractivity contribution in [2.45, 2.75) is 19.7 Å². The Morgan fingerprint density at radius 1 is 1.52 bits per heavy atom. The Bertz CT molecular complexity index is 564. The van der Waals surface area contributed by atoms with Gasteiger partial charge in [0.15, 0.2) is 11.9 Å². The van der Waals surface area contributed by atoms with E-state index in [1.54, 1.807) is 0 Å². The third kappa shape index (κ3) is 4.99. The molecule has 21 heavy (non-hydrogen) atoms. The summed E-state index contributed by atoms with van der Waals surface area (Å²) in [5, 5.41) is 10.7.